The van der Waals surface area contributed by atoms with Crippen molar-refractivity contribution in [2.75, 3.05) is 19.7 Å². The molecule has 0 bridgehead atoms. The maximum atomic E-state index is 12.3. The Morgan fingerprint density at radius 2 is 2.17 bits per heavy atom. The lowest BCUT2D eigenvalue weighted by Gasteiger charge is -2.30. The number of likely N-dealkylation sites (tertiary alicyclic amines) is 1. The van der Waals surface area contributed by atoms with Gasteiger partial charge in [0.2, 0.25) is 5.91 Å². The molecule has 6 heteroatoms. The normalized spacial score (nSPS) is 17.8. The zero-order valence-corrected chi connectivity index (χ0v) is 13.7. The Balaban J connectivity index is 1.63. The Morgan fingerprint density at radius 3 is 2.88 bits per heavy atom. The molecule has 1 fully saturated rings. The first-order valence-electron chi connectivity index (χ1n) is 8.21. The van der Waals surface area contributed by atoms with Gasteiger partial charge < -0.3 is 9.64 Å². The molecule has 1 aromatic carbocycles. The van der Waals surface area contributed by atoms with E-state index in [0.717, 1.165) is 23.4 Å². The number of piperidine rings is 1. The smallest absolute Gasteiger partial charge is 0.325 e. The molecule has 3 rings (SSSR count). The van der Waals surface area contributed by atoms with Gasteiger partial charge in [0, 0.05) is 30.1 Å². The zero-order chi connectivity index (χ0) is 16.9. The molecule has 1 amide bonds. The first-order valence-corrected chi connectivity index (χ1v) is 8.21. The number of benzene rings is 1. The second-order valence-electron chi connectivity index (χ2n) is 5.88. The van der Waals surface area contributed by atoms with Crippen LogP contribution in [0.3, 0.4) is 0 Å². The first kappa shape index (κ1) is 16.2. The molecule has 2 aromatic rings. The van der Waals surface area contributed by atoms with Crippen LogP contribution >= 0.6 is 0 Å². The Hall–Kier alpha value is -2.63. The van der Waals surface area contributed by atoms with Crippen molar-refractivity contribution < 1.29 is 14.3 Å². The van der Waals surface area contributed by atoms with E-state index in [1.807, 2.05) is 36.4 Å². The van der Waals surface area contributed by atoms with Crippen LogP contribution in [0, 0.1) is 0 Å². The SMILES string of the molecule is CCOC(=O)CN1CCC(c2cc(-c3ccccc3)n[nH]2)CC1=O. The number of esters is 1. The van der Waals surface area contributed by atoms with Crippen LogP contribution in [0.1, 0.15) is 31.4 Å². The minimum absolute atomic E-state index is 0.0184. The van der Waals surface area contributed by atoms with E-state index in [1.54, 1.807) is 11.8 Å². The largest absolute Gasteiger partial charge is 0.465 e. The topological polar surface area (TPSA) is 75.3 Å². The number of aromatic nitrogens is 2. The summed E-state index contributed by atoms with van der Waals surface area (Å²) in [6.07, 6.45) is 1.19. The van der Waals surface area contributed by atoms with Crippen LogP contribution in [0.5, 0.6) is 0 Å². The lowest BCUT2D eigenvalue weighted by atomic mass is 9.92. The fourth-order valence-corrected chi connectivity index (χ4v) is 2.98. The van der Waals surface area contributed by atoms with E-state index >= 15 is 0 Å². The summed E-state index contributed by atoms with van der Waals surface area (Å²) < 4.78 is 4.91. The van der Waals surface area contributed by atoms with Crippen LogP contribution < -0.4 is 0 Å². The number of hydrogen-bond donors (Lipinski definition) is 1. The maximum absolute atomic E-state index is 12.3. The summed E-state index contributed by atoms with van der Waals surface area (Å²) in [4.78, 5) is 25.4. The van der Waals surface area contributed by atoms with E-state index in [4.69, 9.17) is 4.74 Å². The highest BCUT2D eigenvalue weighted by Gasteiger charge is 2.29. The Kier molecular flexibility index (Phi) is 4.93. The molecule has 1 unspecified atom stereocenters. The number of carbonyl (C=O) groups excluding carboxylic acids is 2. The number of carbonyl (C=O) groups is 2. The molecule has 0 aliphatic carbocycles. The molecule has 0 spiro atoms. The second kappa shape index (κ2) is 7.29. The Labute approximate surface area is 140 Å². The predicted molar refractivity (Wildman–Crippen MR) is 89.2 cm³/mol. The van der Waals surface area contributed by atoms with Crippen LogP contribution in [0.25, 0.3) is 11.3 Å². The van der Waals surface area contributed by atoms with Crippen LogP contribution in [0.15, 0.2) is 36.4 Å². The summed E-state index contributed by atoms with van der Waals surface area (Å²) in [7, 11) is 0. The number of nitrogens with one attached hydrogen (secondary N) is 1. The average molecular weight is 327 g/mol. The quantitative estimate of drug-likeness (QED) is 0.855. The summed E-state index contributed by atoms with van der Waals surface area (Å²) in [5, 5.41) is 7.41. The van der Waals surface area contributed by atoms with Gasteiger partial charge in [-0.25, -0.2) is 0 Å². The number of ether oxygens (including phenoxy) is 1. The van der Waals surface area contributed by atoms with Gasteiger partial charge in [0.05, 0.1) is 12.3 Å². The van der Waals surface area contributed by atoms with Crippen LogP contribution in [-0.4, -0.2) is 46.7 Å². The number of nitrogens with zero attached hydrogens (tertiary/aromatic N) is 2. The van der Waals surface area contributed by atoms with E-state index in [0.29, 0.717) is 19.6 Å². The first-order chi connectivity index (χ1) is 11.7. The van der Waals surface area contributed by atoms with Gasteiger partial charge in [-0.2, -0.15) is 5.10 Å². The molecule has 1 aliphatic rings. The summed E-state index contributed by atoms with van der Waals surface area (Å²) in [5.74, 6) is -0.256. The highest BCUT2D eigenvalue weighted by Crippen LogP contribution is 2.29. The molecular weight excluding hydrogens is 306 g/mol. The lowest BCUT2D eigenvalue weighted by molar-refractivity contribution is -0.150. The summed E-state index contributed by atoms with van der Waals surface area (Å²) in [5.41, 5.74) is 2.90. The van der Waals surface area contributed by atoms with E-state index in [1.165, 1.54) is 0 Å². The fourth-order valence-electron chi connectivity index (χ4n) is 2.98. The van der Waals surface area contributed by atoms with Gasteiger partial charge in [0.15, 0.2) is 0 Å². The third-order valence-corrected chi connectivity index (χ3v) is 4.25. The predicted octanol–water partition coefficient (Wildman–Crippen LogP) is 2.35. The van der Waals surface area contributed by atoms with Gasteiger partial charge in [-0.05, 0) is 19.4 Å². The average Bonchev–Trinajstić information content (AvgIpc) is 3.08. The third-order valence-electron chi connectivity index (χ3n) is 4.25. The molecule has 1 saturated heterocycles. The lowest BCUT2D eigenvalue weighted by Crippen LogP contribution is -2.41. The third kappa shape index (κ3) is 3.64. The molecule has 2 heterocycles. The van der Waals surface area contributed by atoms with Gasteiger partial charge in [-0.3, -0.25) is 14.7 Å². The van der Waals surface area contributed by atoms with E-state index in [9.17, 15) is 9.59 Å². The standard InChI is InChI=1S/C18H21N3O3/c1-2-24-18(23)12-21-9-8-14(10-17(21)22)16-11-15(19-20-16)13-6-4-3-5-7-13/h3-7,11,14H,2,8-10,12H2,1H3,(H,19,20). The Bertz CT molecular complexity index is 711. The van der Waals surface area contributed by atoms with Crippen molar-refractivity contribution in [3.8, 4) is 11.3 Å². The number of rotatable bonds is 5. The molecule has 0 radical (unpaired) electrons. The molecule has 24 heavy (non-hydrogen) atoms. The van der Waals surface area contributed by atoms with Crippen molar-refractivity contribution in [2.45, 2.75) is 25.7 Å². The van der Waals surface area contributed by atoms with E-state index in [-0.39, 0.29) is 24.3 Å². The second-order valence-corrected chi connectivity index (χ2v) is 5.88. The number of amides is 1. The molecule has 6 nitrogen and oxygen atoms in total. The van der Waals surface area contributed by atoms with Gasteiger partial charge in [-0.15, -0.1) is 0 Å². The monoisotopic (exact) mass is 327 g/mol. The summed E-state index contributed by atoms with van der Waals surface area (Å²) in [6, 6.07) is 11.9. The molecule has 1 atom stereocenters. The minimum Gasteiger partial charge on any atom is -0.465 e. The minimum atomic E-state index is -0.350. The van der Waals surface area contributed by atoms with Crippen molar-refractivity contribution in [3.63, 3.8) is 0 Å². The fraction of sp³-hybridized carbons (Fsp3) is 0.389. The van der Waals surface area contributed by atoms with E-state index < -0.39 is 0 Å². The molecule has 1 N–H and O–H groups in total. The van der Waals surface area contributed by atoms with Gasteiger partial charge in [0.1, 0.15) is 6.54 Å². The van der Waals surface area contributed by atoms with Crippen LogP contribution in [0.4, 0.5) is 0 Å². The molecule has 0 saturated carbocycles. The van der Waals surface area contributed by atoms with Crippen molar-refractivity contribution >= 4 is 11.9 Å². The highest BCUT2D eigenvalue weighted by atomic mass is 16.5. The van der Waals surface area contributed by atoms with E-state index in [2.05, 4.69) is 10.2 Å². The van der Waals surface area contributed by atoms with Gasteiger partial charge >= 0.3 is 5.97 Å². The van der Waals surface area contributed by atoms with Crippen LogP contribution in [-0.2, 0) is 14.3 Å². The molecule has 1 aliphatic heterocycles. The van der Waals surface area contributed by atoms with Gasteiger partial charge in [-0.1, -0.05) is 30.3 Å². The molecule has 1 aromatic heterocycles. The summed E-state index contributed by atoms with van der Waals surface area (Å²) >= 11 is 0. The van der Waals surface area contributed by atoms with Crippen LogP contribution in [0.2, 0.25) is 0 Å². The van der Waals surface area contributed by atoms with Crippen molar-refractivity contribution in [1.29, 1.82) is 0 Å². The van der Waals surface area contributed by atoms with Crippen molar-refractivity contribution in [3.05, 3.63) is 42.1 Å². The number of H-pyrrole nitrogens is 1. The number of aromatic amines is 1. The Morgan fingerprint density at radius 1 is 1.38 bits per heavy atom. The van der Waals surface area contributed by atoms with Gasteiger partial charge in [0.25, 0.3) is 0 Å². The highest BCUT2D eigenvalue weighted by molar-refractivity contribution is 5.83. The maximum Gasteiger partial charge on any atom is 0.325 e. The zero-order valence-electron chi connectivity index (χ0n) is 13.7. The van der Waals surface area contributed by atoms with Crippen molar-refractivity contribution in [2.24, 2.45) is 0 Å². The summed E-state index contributed by atoms with van der Waals surface area (Å²) in [6.45, 7) is 2.69. The molecular formula is C18H21N3O3. The number of hydrogen-bond acceptors (Lipinski definition) is 4. The van der Waals surface area contributed by atoms with Crippen molar-refractivity contribution in [1.82, 2.24) is 15.1 Å². The molecule has 126 valence electrons.